The van der Waals surface area contributed by atoms with Crippen LogP contribution in [0.25, 0.3) is 0 Å². The molecule has 1 unspecified atom stereocenters. The number of esters is 1. The van der Waals surface area contributed by atoms with Gasteiger partial charge in [-0.1, -0.05) is 31.9 Å². The number of hydrogen-bond donors (Lipinski definition) is 0. The van der Waals surface area contributed by atoms with Crippen molar-refractivity contribution in [2.24, 2.45) is 22.2 Å². The Morgan fingerprint density at radius 2 is 2.16 bits per heavy atom. The van der Waals surface area contributed by atoms with Crippen LogP contribution in [-0.2, 0) is 9.53 Å². The molecule has 0 bridgehead atoms. The van der Waals surface area contributed by atoms with Crippen LogP contribution in [0.3, 0.4) is 0 Å². The van der Waals surface area contributed by atoms with Crippen molar-refractivity contribution in [2.75, 3.05) is 6.61 Å². The number of ether oxygens (including phenoxy) is 1. The van der Waals surface area contributed by atoms with E-state index in [2.05, 4.69) is 26.8 Å². The summed E-state index contributed by atoms with van der Waals surface area (Å²) in [6, 6.07) is 0. The van der Waals surface area contributed by atoms with E-state index in [1.807, 2.05) is 0 Å². The van der Waals surface area contributed by atoms with Crippen molar-refractivity contribution >= 4 is 5.97 Å². The summed E-state index contributed by atoms with van der Waals surface area (Å²) in [5.74, 6) is 0.635. The van der Waals surface area contributed by atoms with Gasteiger partial charge in [0.1, 0.15) is 6.61 Å². The van der Waals surface area contributed by atoms with Crippen molar-refractivity contribution in [1.29, 1.82) is 0 Å². The SMILES string of the molecule is CC(=O)OC[C@@]1(C)C=C(C)[C@]23CCC[C@@]21CCC3C. The summed E-state index contributed by atoms with van der Waals surface area (Å²) in [4.78, 5) is 11.2. The van der Waals surface area contributed by atoms with Crippen LogP contribution in [0.1, 0.15) is 59.8 Å². The van der Waals surface area contributed by atoms with Crippen LogP contribution in [0.5, 0.6) is 0 Å². The summed E-state index contributed by atoms with van der Waals surface area (Å²) in [6.45, 7) is 9.16. The maximum atomic E-state index is 11.2. The van der Waals surface area contributed by atoms with Gasteiger partial charge in [-0.3, -0.25) is 4.79 Å². The molecule has 0 aromatic rings. The van der Waals surface area contributed by atoms with Crippen LogP contribution >= 0.6 is 0 Å². The lowest BCUT2D eigenvalue weighted by Gasteiger charge is -2.47. The highest BCUT2D eigenvalue weighted by atomic mass is 16.5. The van der Waals surface area contributed by atoms with E-state index in [9.17, 15) is 4.79 Å². The summed E-state index contributed by atoms with van der Waals surface area (Å²) >= 11 is 0. The molecule has 0 aliphatic heterocycles. The molecule has 19 heavy (non-hydrogen) atoms. The third kappa shape index (κ3) is 1.35. The van der Waals surface area contributed by atoms with Gasteiger partial charge in [-0.15, -0.1) is 0 Å². The molecule has 3 rings (SSSR count). The fraction of sp³-hybridized carbons (Fsp3) is 0.824. The molecule has 2 saturated carbocycles. The van der Waals surface area contributed by atoms with E-state index in [0.717, 1.165) is 5.92 Å². The van der Waals surface area contributed by atoms with Crippen molar-refractivity contribution in [1.82, 2.24) is 0 Å². The Labute approximate surface area is 116 Å². The minimum absolute atomic E-state index is 0.0456. The van der Waals surface area contributed by atoms with Gasteiger partial charge < -0.3 is 4.74 Å². The topological polar surface area (TPSA) is 26.3 Å². The lowest BCUT2D eigenvalue weighted by atomic mass is 9.56. The van der Waals surface area contributed by atoms with E-state index >= 15 is 0 Å². The van der Waals surface area contributed by atoms with Crippen molar-refractivity contribution in [3.8, 4) is 0 Å². The maximum absolute atomic E-state index is 11.2. The molecule has 3 aliphatic rings. The molecule has 0 N–H and O–H groups in total. The molecule has 0 spiro atoms. The minimum atomic E-state index is -0.148. The molecule has 0 saturated heterocycles. The average molecular weight is 262 g/mol. The zero-order chi connectivity index (χ0) is 13.9. The van der Waals surface area contributed by atoms with Gasteiger partial charge in [-0.05, 0) is 43.9 Å². The Bertz CT molecular complexity index is 452. The van der Waals surface area contributed by atoms with Gasteiger partial charge in [-0.2, -0.15) is 0 Å². The number of carbonyl (C=O) groups is 1. The number of carbonyl (C=O) groups excluding carboxylic acids is 1. The van der Waals surface area contributed by atoms with Gasteiger partial charge >= 0.3 is 5.97 Å². The molecule has 2 fully saturated rings. The summed E-state index contributed by atoms with van der Waals surface area (Å²) < 4.78 is 5.44. The van der Waals surface area contributed by atoms with E-state index in [0.29, 0.717) is 17.4 Å². The van der Waals surface area contributed by atoms with Gasteiger partial charge in [-0.25, -0.2) is 0 Å². The minimum Gasteiger partial charge on any atom is -0.465 e. The van der Waals surface area contributed by atoms with Crippen LogP contribution < -0.4 is 0 Å². The molecular formula is C17H26O2. The van der Waals surface area contributed by atoms with E-state index in [1.165, 1.54) is 39.0 Å². The monoisotopic (exact) mass is 262 g/mol. The molecule has 3 aliphatic carbocycles. The summed E-state index contributed by atoms with van der Waals surface area (Å²) in [7, 11) is 0. The summed E-state index contributed by atoms with van der Waals surface area (Å²) in [6.07, 6.45) is 9.08. The Balaban J connectivity index is 2.02. The van der Waals surface area contributed by atoms with Gasteiger partial charge in [0.15, 0.2) is 0 Å². The average Bonchev–Trinajstić information content (AvgIpc) is 2.90. The third-order valence-electron chi connectivity index (χ3n) is 6.78. The van der Waals surface area contributed by atoms with Gasteiger partial charge in [0, 0.05) is 17.8 Å². The first-order valence-electron chi connectivity index (χ1n) is 7.71. The fourth-order valence-corrected chi connectivity index (χ4v) is 6.13. The van der Waals surface area contributed by atoms with E-state index in [-0.39, 0.29) is 11.4 Å². The molecule has 106 valence electrons. The molecule has 2 nitrogen and oxygen atoms in total. The molecule has 0 heterocycles. The highest BCUT2D eigenvalue weighted by Crippen LogP contribution is 2.78. The van der Waals surface area contributed by atoms with Gasteiger partial charge in [0.2, 0.25) is 0 Å². The molecule has 2 heteroatoms. The standard InChI is InChI=1S/C17H26O2/c1-12-6-9-16-7-5-8-17(12,16)13(2)10-15(16,4)11-19-14(3)18/h10,12H,5-9,11H2,1-4H3/t12?,15-,16+,17-/m1/s1. The Kier molecular flexibility index (Phi) is 2.69. The van der Waals surface area contributed by atoms with Crippen LogP contribution in [0.4, 0.5) is 0 Å². The van der Waals surface area contributed by atoms with E-state index in [4.69, 9.17) is 4.74 Å². The van der Waals surface area contributed by atoms with Crippen molar-refractivity contribution in [2.45, 2.75) is 59.8 Å². The van der Waals surface area contributed by atoms with Crippen molar-refractivity contribution < 1.29 is 9.53 Å². The first-order chi connectivity index (χ1) is 8.88. The van der Waals surface area contributed by atoms with Gasteiger partial charge in [0.25, 0.3) is 0 Å². The van der Waals surface area contributed by atoms with Crippen LogP contribution in [0, 0.1) is 22.2 Å². The van der Waals surface area contributed by atoms with Crippen LogP contribution in [0.2, 0.25) is 0 Å². The summed E-state index contributed by atoms with van der Waals surface area (Å²) in [5.41, 5.74) is 2.38. The molecule has 0 aromatic heterocycles. The Morgan fingerprint density at radius 1 is 1.42 bits per heavy atom. The Hall–Kier alpha value is -0.790. The van der Waals surface area contributed by atoms with E-state index < -0.39 is 0 Å². The van der Waals surface area contributed by atoms with E-state index in [1.54, 1.807) is 5.57 Å². The largest absolute Gasteiger partial charge is 0.465 e. The van der Waals surface area contributed by atoms with Crippen LogP contribution in [-0.4, -0.2) is 12.6 Å². The van der Waals surface area contributed by atoms with Crippen LogP contribution in [0.15, 0.2) is 11.6 Å². The summed E-state index contributed by atoms with van der Waals surface area (Å²) in [5, 5.41) is 0. The number of allylic oxidation sites excluding steroid dienone is 1. The second-order valence-electron chi connectivity index (χ2n) is 7.37. The fourth-order valence-electron chi connectivity index (χ4n) is 6.13. The Morgan fingerprint density at radius 3 is 2.84 bits per heavy atom. The smallest absolute Gasteiger partial charge is 0.302 e. The second-order valence-corrected chi connectivity index (χ2v) is 7.37. The predicted molar refractivity (Wildman–Crippen MR) is 75.6 cm³/mol. The number of rotatable bonds is 2. The van der Waals surface area contributed by atoms with Crippen molar-refractivity contribution in [3.63, 3.8) is 0 Å². The molecular weight excluding hydrogens is 236 g/mol. The number of hydrogen-bond acceptors (Lipinski definition) is 2. The van der Waals surface area contributed by atoms with Crippen molar-refractivity contribution in [3.05, 3.63) is 11.6 Å². The first-order valence-corrected chi connectivity index (χ1v) is 7.71. The lowest BCUT2D eigenvalue weighted by molar-refractivity contribution is -0.146. The molecule has 0 amide bonds. The zero-order valence-electron chi connectivity index (χ0n) is 12.7. The quantitative estimate of drug-likeness (QED) is 0.553. The first kappa shape index (κ1) is 13.2. The highest BCUT2D eigenvalue weighted by Gasteiger charge is 2.71. The molecule has 0 radical (unpaired) electrons. The normalized spacial score (nSPS) is 47.8. The highest BCUT2D eigenvalue weighted by molar-refractivity contribution is 5.66. The third-order valence-corrected chi connectivity index (χ3v) is 6.78. The molecule has 0 aromatic carbocycles. The van der Waals surface area contributed by atoms with Gasteiger partial charge in [0.05, 0.1) is 0 Å². The molecule has 4 atom stereocenters. The zero-order valence-corrected chi connectivity index (χ0v) is 12.7. The maximum Gasteiger partial charge on any atom is 0.302 e. The second kappa shape index (κ2) is 3.86. The predicted octanol–water partition coefficient (Wildman–Crippen LogP) is 4.10. The lowest BCUT2D eigenvalue weighted by Crippen LogP contribution is -2.45.